The summed E-state index contributed by atoms with van der Waals surface area (Å²) >= 11 is 0. The fourth-order valence-corrected chi connectivity index (χ4v) is 3.67. The molecule has 3 aromatic rings. The number of rotatable bonds is 2. The van der Waals surface area contributed by atoms with Crippen LogP contribution in [0.1, 0.15) is 27.8 Å². The van der Waals surface area contributed by atoms with Crippen LogP contribution in [0.2, 0.25) is 0 Å². The number of para-hydroxylation sites is 1. The van der Waals surface area contributed by atoms with Crippen molar-refractivity contribution < 1.29 is 36.2 Å². The van der Waals surface area contributed by atoms with Crippen molar-refractivity contribution in [2.45, 2.75) is 24.5 Å². The molecule has 1 atom stereocenters. The van der Waals surface area contributed by atoms with Crippen LogP contribution in [0.25, 0.3) is 0 Å². The van der Waals surface area contributed by atoms with Gasteiger partial charge in [-0.25, -0.2) is 0 Å². The van der Waals surface area contributed by atoms with Gasteiger partial charge in [-0.2, -0.15) is 26.3 Å². The Morgan fingerprint density at radius 3 is 1.97 bits per heavy atom. The molecule has 0 spiro atoms. The van der Waals surface area contributed by atoms with Crippen LogP contribution in [0.4, 0.5) is 32.0 Å². The Labute approximate surface area is 190 Å². The van der Waals surface area contributed by atoms with Gasteiger partial charge in [0.15, 0.2) is 0 Å². The van der Waals surface area contributed by atoms with E-state index in [0.717, 1.165) is 5.56 Å². The zero-order valence-electron chi connectivity index (χ0n) is 17.2. The first-order chi connectivity index (χ1) is 15.9. The van der Waals surface area contributed by atoms with Gasteiger partial charge in [0.1, 0.15) is 0 Å². The van der Waals surface area contributed by atoms with E-state index >= 15 is 0 Å². The predicted octanol–water partition coefficient (Wildman–Crippen LogP) is 5.51. The molecule has 174 valence electrons. The summed E-state index contributed by atoms with van der Waals surface area (Å²) in [5.74, 6) is 3.54. The molecule has 0 fully saturated rings. The molecule has 0 bridgehead atoms. The van der Waals surface area contributed by atoms with Crippen LogP contribution in [-0.2, 0) is 29.3 Å². The van der Waals surface area contributed by atoms with Crippen molar-refractivity contribution in [3.63, 3.8) is 0 Å². The Morgan fingerprint density at radius 2 is 1.38 bits per heavy atom. The molecule has 3 aromatic carbocycles. The zero-order valence-corrected chi connectivity index (χ0v) is 17.2. The van der Waals surface area contributed by atoms with E-state index in [0.29, 0.717) is 17.8 Å². The topological polar surface area (TPSA) is 40.5 Å². The van der Waals surface area contributed by atoms with Crippen LogP contribution >= 0.6 is 0 Å². The molecule has 1 heterocycles. The Balaban J connectivity index is 1.78. The normalized spacial score (nSPS) is 17.9. The number of carbonyl (C=O) groups is 1. The first kappa shape index (κ1) is 23.4. The summed E-state index contributed by atoms with van der Waals surface area (Å²) in [6.45, 7) is 0.0858. The predicted molar refractivity (Wildman–Crippen MR) is 111 cm³/mol. The minimum absolute atomic E-state index is 0.0164. The number of halogens is 6. The van der Waals surface area contributed by atoms with Gasteiger partial charge in [0.25, 0.3) is 5.91 Å². The van der Waals surface area contributed by atoms with Crippen LogP contribution in [-0.4, -0.2) is 11.0 Å². The average Bonchev–Trinajstić information content (AvgIpc) is 2.99. The smallest absolute Gasteiger partial charge is 0.366 e. The first-order valence-electron chi connectivity index (χ1n) is 9.90. The summed E-state index contributed by atoms with van der Waals surface area (Å²) in [7, 11) is 0. The SMILES string of the molecule is O=C1N(Cc2ccccc2)c2ccccc2C1(O)C#Cc1cc(C(F)(F)F)cc(C(F)(F)F)c1. The summed E-state index contributed by atoms with van der Waals surface area (Å²) in [4.78, 5) is 14.4. The van der Waals surface area contributed by atoms with Gasteiger partial charge in [0.2, 0.25) is 5.60 Å². The Morgan fingerprint density at radius 1 is 0.824 bits per heavy atom. The highest BCUT2D eigenvalue weighted by molar-refractivity contribution is 6.09. The molecule has 1 aliphatic rings. The second kappa shape index (κ2) is 8.22. The number of alkyl halides is 6. The fourth-order valence-electron chi connectivity index (χ4n) is 3.67. The summed E-state index contributed by atoms with van der Waals surface area (Å²) < 4.78 is 78.9. The number of nitrogens with zero attached hydrogens (tertiary/aromatic N) is 1. The third-order valence-electron chi connectivity index (χ3n) is 5.30. The van der Waals surface area contributed by atoms with Crippen molar-refractivity contribution in [3.8, 4) is 11.8 Å². The number of hydrogen-bond acceptors (Lipinski definition) is 2. The maximum absolute atomic E-state index is 13.2. The van der Waals surface area contributed by atoms with Crippen LogP contribution in [0, 0.1) is 11.8 Å². The Kier molecular flexibility index (Phi) is 5.66. The largest absolute Gasteiger partial charge is 0.416 e. The van der Waals surface area contributed by atoms with Crippen LogP contribution in [0.3, 0.4) is 0 Å². The maximum Gasteiger partial charge on any atom is 0.416 e. The number of amides is 1. The summed E-state index contributed by atoms with van der Waals surface area (Å²) in [5, 5.41) is 11.2. The van der Waals surface area contributed by atoms with Gasteiger partial charge < -0.3 is 10.0 Å². The summed E-state index contributed by atoms with van der Waals surface area (Å²) in [6.07, 6.45) is -10.1. The lowest BCUT2D eigenvalue weighted by Crippen LogP contribution is -2.39. The first-order valence-corrected chi connectivity index (χ1v) is 9.90. The number of benzene rings is 3. The quantitative estimate of drug-likeness (QED) is 0.392. The van der Waals surface area contributed by atoms with Crippen molar-refractivity contribution in [1.29, 1.82) is 0 Å². The Hall–Kier alpha value is -3.77. The van der Waals surface area contributed by atoms with E-state index in [1.165, 1.54) is 17.0 Å². The number of aliphatic hydroxyl groups is 1. The number of fused-ring (bicyclic) bond motifs is 1. The molecule has 1 unspecified atom stereocenters. The molecule has 34 heavy (non-hydrogen) atoms. The van der Waals surface area contributed by atoms with E-state index < -0.39 is 40.6 Å². The molecule has 0 radical (unpaired) electrons. The lowest BCUT2D eigenvalue weighted by Gasteiger charge is -2.19. The minimum atomic E-state index is -5.04. The van der Waals surface area contributed by atoms with E-state index in [2.05, 4.69) is 11.8 Å². The molecule has 0 saturated carbocycles. The van der Waals surface area contributed by atoms with Gasteiger partial charge in [-0.1, -0.05) is 54.5 Å². The lowest BCUT2D eigenvalue weighted by atomic mass is 9.95. The second-order valence-corrected chi connectivity index (χ2v) is 7.65. The number of anilines is 1. The molecule has 0 aromatic heterocycles. The molecule has 0 saturated heterocycles. The maximum atomic E-state index is 13.2. The fraction of sp³-hybridized carbons (Fsp3) is 0.160. The monoisotopic (exact) mass is 475 g/mol. The van der Waals surface area contributed by atoms with Crippen molar-refractivity contribution >= 4 is 11.6 Å². The van der Waals surface area contributed by atoms with Gasteiger partial charge in [-0.3, -0.25) is 4.79 Å². The van der Waals surface area contributed by atoms with Gasteiger partial charge in [0, 0.05) is 11.1 Å². The standard InChI is InChI=1S/C25H15F6NO2/c26-24(27,28)18-12-17(13-19(14-18)25(29,30)31)10-11-23(34)20-8-4-5-9-21(20)32(22(23)33)15-16-6-2-1-3-7-16/h1-9,12-14,34H,15H2. The summed E-state index contributed by atoms with van der Waals surface area (Å²) in [6, 6.07) is 15.9. The van der Waals surface area contributed by atoms with E-state index in [4.69, 9.17) is 0 Å². The molecule has 0 aliphatic carbocycles. The lowest BCUT2D eigenvalue weighted by molar-refractivity contribution is -0.143. The van der Waals surface area contributed by atoms with Crippen molar-refractivity contribution in [3.05, 3.63) is 101 Å². The van der Waals surface area contributed by atoms with Gasteiger partial charge in [-0.15, -0.1) is 0 Å². The van der Waals surface area contributed by atoms with Gasteiger partial charge in [0.05, 0.1) is 23.4 Å². The van der Waals surface area contributed by atoms with Crippen LogP contribution in [0.15, 0.2) is 72.8 Å². The van der Waals surface area contributed by atoms with E-state index in [-0.39, 0.29) is 18.2 Å². The highest BCUT2D eigenvalue weighted by Crippen LogP contribution is 2.41. The Bertz CT molecular complexity index is 1270. The molecule has 1 N–H and O–H groups in total. The molecule has 3 nitrogen and oxygen atoms in total. The molecule has 1 aliphatic heterocycles. The number of hydrogen-bond donors (Lipinski definition) is 1. The van der Waals surface area contributed by atoms with Gasteiger partial charge in [-0.05, 0) is 35.7 Å². The van der Waals surface area contributed by atoms with Crippen molar-refractivity contribution in [2.24, 2.45) is 0 Å². The van der Waals surface area contributed by atoms with E-state index in [9.17, 15) is 36.2 Å². The molecular weight excluding hydrogens is 460 g/mol. The van der Waals surface area contributed by atoms with Crippen molar-refractivity contribution in [1.82, 2.24) is 0 Å². The van der Waals surface area contributed by atoms with Gasteiger partial charge >= 0.3 is 12.4 Å². The average molecular weight is 475 g/mol. The van der Waals surface area contributed by atoms with Crippen LogP contribution in [0.5, 0.6) is 0 Å². The number of carbonyl (C=O) groups excluding carboxylic acids is 1. The molecular formula is C25H15F6NO2. The van der Waals surface area contributed by atoms with E-state index in [1.54, 1.807) is 42.5 Å². The summed E-state index contributed by atoms with van der Waals surface area (Å²) in [5.41, 5.74) is -4.99. The van der Waals surface area contributed by atoms with Crippen LogP contribution < -0.4 is 4.90 Å². The second-order valence-electron chi connectivity index (χ2n) is 7.65. The molecule has 4 rings (SSSR count). The van der Waals surface area contributed by atoms with Crippen molar-refractivity contribution in [2.75, 3.05) is 4.90 Å². The highest BCUT2D eigenvalue weighted by Gasteiger charge is 2.49. The highest BCUT2D eigenvalue weighted by atomic mass is 19.4. The van der Waals surface area contributed by atoms with E-state index in [1.807, 2.05) is 0 Å². The molecule has 9 heteroatoms. The zero-order chi connectivity index (χ0) is 24.7. The third-order valence-corrected chi connectivity index (χ3v) is 5.30. The molecule has 1 amide bonds. The minimum Gasteiger partial charge on any atom is -0.366 e. The third kappa shape index (κ3) is 4.37.